The van der Waals surface area contributed by atoms with E-state index in [1.54, 1.807) is 36.4 Å². The van der Waals surface area contributed by atoms with Crippen LogP contribution in [0, 0.1) is 0 Å². The van der Waals surface area contributed by atoms with Crippen molar-refractivity contribution in [1.82, 2.24) is 9.62 Å². The molecule has 1 amide bonds. The Hall–Kier alpha value is -2.78. The molecule has 0 bridgehead atoms. The lowest BCUT2D eigenvalue weighted by atomic mass is 10.1. The van der Waals surface area contributed by atoms with Crippen LogP contribution in [-0.4, -0.2) is 53.0 Å². The van der Waals surface area contributed by atoms with Crippen LogP contribution in [0.15, 0.2) is 41.3 Å². The van der Waals surface area contributed by atoms with Crippen LogP contribution in [0.2, 0.25) is 0 Å². The first-order chi connectivity index (χ1) is 14.9. The SMILES string of the molecule is COc1cc(C(=O)NCc2ccc(S(=O)(=O)N3CCCCC3)cc2)cc(OC)c1OC. The molecule has 0 atom stereocenters. The number of carbonyl (C=O) groups excluding carboxylic acids is 1. The Morgan fingerprint density at radius 1 is 0.935 bits per heavy atom. The number of amides is 1. The van der Waals surface area contributed by atoms with Crippen LogP contribution in [-0.2, 0) is 16.6 Å². The molecule has 9 heteroatoms. The number of carbonyl (C=O) groups is 1. The number of methoxy groups -OCH3 is 3. The van der Waals surface area contributed by atoms with E-state index in [0.29, 0.717) is 35.9 Å². The third kappa shape index (κ3) is 5.11. The normalized spacial score (nSPS) is 14.7. The number of nitrogens with zero attached hydrogens (tertiary/aromatic N) is 1. The Labute approximate surface area is 183 Å². The first-order valence-electron chi connectivity index (χ1n) is 10.1. The molecule has 8 nitrogen and oxygen atoms in total. The maximum absolute atomic E-state index is 12.7. The van der Waals surface area contributed by atoms with E-state index in [-0.39, 0.29) is 17.3 Å². The van der Waals surface area contributed by atoms with Crippen molar-refractivity contribution in [1.29, 1.82) is 0 Å². The summed E-state index contributed by atoms with van der Waals surface area (Å²) in [6.07, 6.45) is 2.85. The summed E-state index contributed by atoms with van der Waals surface area (Å²) in [5.74, 6) is 0.870. The maximum atomic E-state index is 12.7. The van der Waals surface area contributed by atoms with E-state index in [9.17, 15) is 13.2 Å². The second-order valence-electron chi connectivity index (χ2n) is 7.21. The Morgan fingerprint density at radius 2 is 1.52 bits per heavy atom. The lowest BCUT2D eigenvalue weighted by molar-refractivity contribution is 0.0950. The fourth-order valence-electron chi connectivity index (χ4n) is 3.53. The Kier molecular flexibility index (Phi) is 7.40. The molecule has 168 valence electrons. The summed E-state index contributed by atoms with van der Waals surface area (Å²) in [5, 5.41) is 2.83. The quantitative estimate of drug-likeness (QED) is 0.667. The Bertz CT molecular complexity index is 990. The maximum Gasteiger partial charge on any atom is 0.251 e. The summed E-state index contributed by atoms with van der Waals surface area (Å²) in [5.41, 5.74) is 1.15. The number of piperidine rings is 1. The molecule has 0 radical (unpaired) electrons. The van der Waals surface area contributed by atoms with Crippen molar-refractivity contribution in [2.75, 3.05) is 34.4 Å². The van der Waals surface area contributed by atoms with E-state index < -0.39 is 10.0 Å². The molecule has 1 aliphatic heterocycles. The topological polar surface area (TPSA) is 94.2 Å². The zero-order valence-corrected chi connectivity index (χ0v) is 18.8. The van der Waals surface area contributed by atoms with Crippen LogP contribution in [0.25, 0.3) is 0 Å². The fraction of sp³-hybridized carbons (Fsp3) is 0.409. The van der Waals surface area contributed by atoms with Gasteiger partial charge in [0.2, 0.25) is 15.8 Å². The van der Waals surface area contributed by atoms with E-state index in [1.807, 2.05) is 0 Å². The molecule has 1 heterocycles. The van der Waals surface area contributed by atoms with Crippen LogP contribution in [0.3, 0.4) is 0 Å². The predicted molar refractivity (Wildman–Crippen MR) is 116 cm³/mol. The minimum absolute atomic E-state index is 0.250. The largest absolute Gasteiger partial charge is 0.493 e. The van der Waals surface area contributed by atoms with Gasteiger partial charge in [0.15, 0.2) is 11.5 Å². The number of ether oxygens (including phenoxy) is 3. The zero-order valence-electron chi connectivity index (χ0n) is 18.0. The van der Waals surface area contributed by atoms with Gasteiger partial charge in [0.1, 0.15) is 0 Å². The molecule has 2 aromatic rings. The van der Waals surface area contributed by atoms with Crippen molar-refractivity contribution in [3.8, 4) is 17.2 Å². The van der Waals surface area contributed by atoms with Crippen LogP contribution in [0.4, 0.5) is 0 Å². The molecule has 0 spiro atoms. The average Bonchev–Trinajstić information content (AvgIpc) is 2.82. The molecule has 0 saturated carbocycles. The molecule has 1 N–H and O–H groups in total. The molecule has 1 aliphatic rings. The van der Waals surface area contributed by atoms with Crippen molar-refractivity contribution >= 4 is 15.9 Å². The van der Waals surface area contributed by atoms with Crippen molar-refractivity contribution in [2.24, 2.45) is 0 Å². The van der Waals surface area contributed by atoms with Gasteiger partial charge in [-0.05, 0) is 42.7 Å². The van der Waals surface area contributed by atoms with Gasteiger partial charge in [-0.15, -0.1) is 0 Å². The van der Waals surface area contributed by atoms with Gasteiger partial charge in [-0.25, -0.2) is 8.42 Å². The Morgan fingerprint density at radius 3 is 2.03 bits per heavy atom. The number of hydrogen-bond acceptors (Lipinski definition) is 6. The highest BCUT2D eigenvalue weighted by Crippen LogP contribution is 2.38. The summed E-state index contributed by atoms with van der Waals surface area (Å²) in [6, 6.07) is 9.75. The molecule has 31 heavy (non-hydrogen) atoms. The summed E-state index contributed by atoms with van der Waals surface area (Å²) in [6.45, 7) is 1.38. The van der Waals surface area contributed by atoms with Gasteiger partial charge in [0, 0.05) is 25.2 Å². The van der Waals surface area contributed by atoms with Gasteiger partial charge >= 0.3 is 0 Å². The van der Waals surface area contributed by atoms with Gasteiger partial charge in [-0.3, -0.25) is 4.79 Å². The van der Waals surface area contributed by atoms with Crippen LogP contribution >= 0.6 is 0 Å². The third-order valence-electron chi connectivity index (χ3n) is 5.26. The fourth-order valence-corrected chi connectivity index (χ4v) is 5.05. The van der Waals surface area contributed by atoms with E-state index in [4.69, 9.17) is 14.2 Å². The minimum Gasteiger partial charge on any atom is -0.493 e. The highest BCUT2D eigenvalue weighted by atomic mass is 32.2. The zero-order chi connectivity index (χ0) is 22.4. The van der Waals surface area contributed by atoms with Crippen molar-refractivity contribution in [2.45, 2.75) is 30.7 Å². The number of sulfonamides is 1. The number of nitrogens with one attached hydrogen (secondary N) is 1. The van der Waals surface area contributed by atoms with Gasteiger partial charge in [-0.2, -0.15) is 4.31 Å². The van der Waals surface area contributed by atoms with E-state index >= 15 is 0 Å². The molecule has 3 rings (SSSR count). The second kappa shape index (κ2) is 10.0. The van der Waals surface area contributed by atoms with Crippen LogP contribution in [0.5, 0.6) is 17.2 Å². The lowest BCUT2D eigenvalue weighted by Crippen LogP contribution is -2.35. The molecule has 2 aromatic carbocycles. The summed E-state index contributed by atoms with van der Waals surface area (Å²) in [4.78, 5) is 12.9. The third-order valence-corrected chi connectivity index (χ3v) is 7.17. The molecule has 1 saturated heterocycles. The first-order valence-corrected chi connectivity index (χ1v) is 11.5. The smallest absolute Gasteiger partial charge is 0.251 e. The van der Waals surface area contributed by atoms with E-state index in [1.165, 1.54) is 25.6 Å². The van der Waals surface area contributed by atoms with E-state index in [0.717, 1.165) is 24.8 Å². The molecule has 0 aliphatic carbocycles. The highest BCUT2D eigenvalue weighted by Gasteiger charge is 2.25. The van der Waals surface area contributed by atoms with Gasteiger partial charge < -0.3 is 19.5 Å². The molecule has 0 aromatic heterocycles. The lowest BCUT2D eigenvalue weighted by Gasteiger charge is -2.25. The average molecular weight is 449 g/mol. The molecular formula is C22H28N2O6S. The minimum atomic E-state index is -3.47. The van der Waals surface area contributed by atoms with Gasteiger partial charge in [-0.1, -0.05) is 18.6 Å². The standard InChI is InChI=1S/C22H28N2O6S/c1-28-19-13-17(14-20(29-2)21(19)30-3)22(25)23-15-16-7-9-18(10-8-16)31(26,27)24-11-5-4-6-12-24/h7-10,13-14H,4-6,11-12,15H2,1-3H3,(H,23,25). The monoisotopic (exact) mass is 448 g/mol. The molecular weight excluding hydrogens is 420 g/mol. The highest BCUT2D eigenvalue weighted by molar-refractivity contribution is 7.89. The number of benzene rings is 2. The molecule has 1 fully saturated rings. The van der Waals surface area contributed by atoms with Crippen LogP contribution < -0.4 is 19.5 Å². The summed E-state index contributed by atoms with van der Waals surface area (Å²) < 4.78 is 42.9. The summed E-state index contributed by atoms with van der Waals surface area (Å²) in [7, 11) is 0.996. The van der Waals surface area contributed by atoms with Gasteiger partial charge in [0.25, 0.3) is 5.91 Å². The van der Waals surface area contributed by atoms with Crippen molar-refractivity contribution < 1.29 is 27.4 Å². The second-order valence-corrected chi connectivity index (χ2v) is 9.14. The molecule has 0 unspecified atom stereocenters. The number of hydrogen-bond donors (Lipinski definition) is 1. The number of rotatable bonds is 8. The summed E-state index contributed by atoms with van der Waals surface area (Å²) >= 11 is 0. The first kappa shape index (κ1) is 22.9. The van der Waals surface area contributed by atoms with Crippen molar-refractivity contribution in [3.63, 3.8) is 0 Å². The van der Waals surface area contributed by atoms with Gasteiger partial charge in [0.05, 0.1) is 26.2 Å². The van der Waals surface area contributed by atoms with E-state index in [2.05, 4.69) is 5.32 Å². The van der Waals surface area contributed by atoms with Crippen LogP contribution in [0.1, 0.15) is 35.2 Å². The Balaban J connectivity index is 1.68. The predicted octanol–water partition coefficient (Wildman–Crippen LogP) is 2.82. The van der Waals surface area contributed by atoms with Crippen molar-refractivity contribution in [3.05, 3.63) is 47.5 Å².